The number of ether oxygens (including phenoxy) is 1. The quantitative estimate of drug-likeness (QED) is 0.782. The number of nitrogens with zero attached hydrogens (tertiary/aromatic N) is 2. The molecule has 2 atom stereocenters. The third-order valence-electron chi connectivity index (χ3n) is 5.89. The van der Waals surface area contributed by atoms with Crippen LogP contribution in [0.3, 0.4) is 0 Å². The summed E-state index contributed by atoms with van der Waals surface area (Å²) >= 11 is 0. The molecule has 150 valence electrons. The zero-order chi connectivity index (χ0) is 19.7. The number of hydrogen-bond donors (Lipinski definition) is 1. The normalized spacial score (nSPS) is 24.2. The number of benzene rings is 1. The second kappa shape index (κ2) is 7.91. The van der Waals surface area contributed by atoms with Gasteiger partial charge in [-0.3, -0.25) is 14.4 Å². The first-order valence-electron chi connectivity index (χ1n) is 10.0. The van der Waals surface area contributed by atoms with Crippen molar-refractivity contribution in [3.05, 3.63) is 35.4 Å². The van der Waals surface area contributed by atoms with Gasteiger partial charge in [0.2, 0.25) is 17.7 Å². The summed E-state index contributed by atoms with van der Waals surface area (Å²) in [4.78, 5) is 41.8. The van der Waals surface area contributed by atoms with Crippen molar-refractivity contribution in [2.45, 2.75) is 44.3 Å². The number of carbonyl (C=O) groups is 3. The fourth-order valence-corrected chi connectivity index (χ4v) is 4.10. The summed E-state index contributed by atoms with van der Waals surface area (Å²) in [6, 6.07) is 7.70. The minimum atomic E-state index is -0.508. The first-order chi connectivity index (χ1) is 13.6. The Balaban J connectivity index is 1.52. The molecule has 2 heterocycles. The molecule has 1 saturated carbocycles. The van der Waals surface area contributed by atoms with Crippen LogP contribution in [0.4, 0.5) is 0 Å². The lowest BCUT2D eigenvalue weighted by molar-refractivity contribution is -0.145. The van der Waals surface area contributed by atoms with E-state index in [9.17, 15) is 14.4 Å². The molecule has 2 fully saturated rings. The molecule has 1 aromatic carbocycles. The van der Waals surface area contributed by atoms with Crippen LogP contribution in [0.1, 0.15) is 30.4 Å². The van der Waals surface area contributed by atoms with Crippen molar-refractivity contribution in [3.8, 4) is 0 Å². The topological polar surface area (TPSA) is 79.0 Å². The standard InChI is InChI=1S/C21H27N3O4/c1-28-9-8-23-12-16(11-19(23)25)21(27)24-13-15-5-3-2-4-14(15)10-18(24)20(26)22-17-6-7-17/h2-5,16-18H,6-13H2,1H3,(H,22,26)/t16?,18-/m0/s1. The summed E-state index contributed by atoms with van der Waals surface area (Å²) in [6.07, 6.45) is 2.75. The monoisotopic (exact) mass is 385 g/mol. The van der Waals surface area contributed by atoms with E-state index in [2.05, 4.69) is 5.32 Å². The maximum atomic E-state index is 13.3. The minimum absolute atomic E-state index is 0.0215. The Bertz CT molecular complexity index is 777. The Hall–Kier alpha value is -2.41. The van der Waals surface area contributed by atoms with Gasteiger partial charge in [-0.1, -0.05) is 24.3 Å². The average Bonchev–Trinajstić information content (AvgIpc) is 3.44. The second-order valence-corrected chi connectivity index (χ2v) is 7.97. The highest BCUT2D eigenvalue weighted by atomic mass is 16.5. The predicted octanol–water partition coefficient (Wildman–Crippen LogP) is 0.713. The van der Waals surface area contributed by atoms with E-state index in [1.54, 1.807) is 16.9 Å². The Kier molecular flexibility index (Phi) is 5.35. The molecule has 1 aromatic rings. The van der Waals surface area contributed by atoms with Gasteiger partial charge in [-0.05, 0) is 24.0 Å². The van der Waals surface area contributed by atoms with E-state index < -0.39 is 12.0 Å². The van der Waals surface area contributed by atoms with Crippen molar-refractivity contribution >= 4 is 17.7 Å². The van der Waals surface area contributed by atoms with Gasteiger partial charge in [0.25, 0.3) is 0 Å². The van der Waals surface area contributed by atoms with Gasteiger partial charge in [-0.2, -0.15) is 0 Å². The molecule has 7 heteroatoms. The van der Waals surface area contributed by atoms with Crippen molar-refractivity contribution in [2.75, 3.05) is 26.8 Å². The van der Waals surface area contributed by atoms with Gasteiger partial charge in [-0.25, -0.2) is 0 Å². The lowest BCUT2D eigenvalue weighted by Gasteiger charge is -2.37. The summed E-state index contributed by atoms with van der Waals surface area (Å²) in [6.45, 7) is 1.76. The molecule has 0 radical (unpaired) electrons. The number of likely N-dealkylation sites (tertiary alicyclic amines) is 1. The molecule has 28 heavy (non-hydrogen) atoms. The van der Waals surface area contributed by atoms with Crippen LogP contribution in [0.5, 0.6) is 0 Å². The fraction of sp³-hybridized carbons (Fsp3) is 0.571. The smallest absolute Gasteiger partial charge is 0.243 e. The van der Waals surface area contributed by atoms with Crippen molar-refractivity contribution in [1.82, 2.24) is 15.1 Å². The lowest BCUT2D eigenvalue weighted by atomic mass is 9.92. The van der Waals surface area contributed by atoms with E-state index >= 15 is 0 Å². The number of carbonyl (C=O) groups excluding carboxylic acids is 3. The second-order valence-electron chi connectivity index (χ2n) is 7.97. The number of methoxy groups -OCH3 is 1. The van der Waals surface area contributed by atoms with Gasteiger partial charge in [-0.15, -0.1) is 0 Å². The predicted molar refractivity (Wildman–Crippen MR) is 102 cm³/mol. The van der Waals surface area contributed by atoms with Crippen LogP contribution < -0.4 is 5.32 Å². The Morgan fingerprint density at radius 2 is 1.93 bits per heavy atom. The van der Waals surface area contributed by atoms with Gasteiger partial charge in [0, 0.05) is 45.6 Å². The van der Waals surface area contributed by atoms with Gasteiger partial charge >= 0.3 is 0 Å². The highest BCUT2D eigenvalue weighted by molar-refractivity contribution is 5.93. The Morgan fingerprint density at radius 3 is 2.64 bits per heavy atom. The van der Waals surface area contributed by atoms with Crippen molar-refractivity contribution in [1.29, 1.82) is 0 Å². The number of rotatable bonds is 6. The summed E-state index contributed by atoms with van der Waals surface area (Å²) in [5.74, 6) is -0.595. The van der Waals surface area contributed by atoms with E-state index in [1.807, 2.05) is 24.3 Å². The van der Waals surface area contributed by atoms with Crippen LogP contribution in [-0.4, -0.2) is 66.4 Å². The van der Waals surface area contributed by atoms with Crippen molar-refractivity contribution < 1.29 is 19.1 Å². The van der Waals surface area contributed by atoms with Gasteiger partial charge in [0.15, 0.2) is 0 Å². The van der Waals surface area contributed by atoms with Crippen LogP contribution in [0.2, 0.25) is 0 Å². The molecule has 3 amide bonds. The van der Waals surface area contributed by atoms with E-state index in [0.717, 1.165) is 24.0 Å². The molecule has 7 nitrogen and oxygen atoms in total. The molecule has 3 aliphatic rings. The number of amides is 3. The van der Waals surface area contributed by atoms with Crippen LogP contribution in [-0.2, 0) is 32.1 Å². The average molecular weight is 385 g/mol. The first-order valence-corrected chi connectivity index (χ1v) is 10.0. The third-order valence-corrected chi connectivity index (χ3v) is 5.89. The highest BCUT2D eigenvalue weighted by Crippen LogP contribution is 2.29. The summed E-state index contributed by atoms with van der Waals surface area (Å²) in [7, 11) is 1.59. The molecule has 1 N–H and O–H groups in total. The van der Waals surface area contributed by atoms with E-state index in [0.29, 0.717) is 32.7 Å². The Morgan fingerprint density at radius 1 is 1.18 bits per heavy atom. The number of nitrogens with one attached hydrogen (secondary N) is 1. The van der Waals surface area contributed by atoms with E-state index in [-0.39, 0.29) is 30.2 Å². The maximum Gasteiger partial charge on any atom is 0.243 e. The zero-order valence-electron chi connectivity index (χ0n) is 16.2. The fourth-order valence-electron chi connectivity index (χ4n) is 4.10. The van der Waals surface area contributed by atoms with Gasteiger partial charge < -0.3 is 19.9 Å². The Labute approximate surface area is 165 Å². The molecule has 4 rings (SSSR count). The van der Waals surface area contributed by atoms with Crippen molar-refractivity contribution in [2.24, 2.45) is 5.92 Å². The van der Waals surface area contributed by atoms with Crippen LogP contribution in [0, 0.1) is 5.92 Å². The lowest BCUT2D eigenvalue weighted by Crippen LogP contribution is -2.54. The van der Waals surface area contributed by atoms with E-state index in [4.69, 9.17) is 4.74 Å². The van der Waals surface area contributed by atoms with Gasteiger partial charge in [0.1, 0.15) is 6.04 Å². The summed E-state index contributed by atoms with van der Waals surface area (Å²) in [5, 5.41) is 3.05. The van der Waals surface area contributed by atoms with Gasteiger partial charge in [0.05, 0.1) is 12.5 Å². The highest BCUT2D eigenvalue weighted by Gasteiger charge is 2.42. The SMILES string of the molecule is COCCN1CC(C(=O)N2Cc3ccccc3C[C@H]2C(=O)NC2CC2)CC1=O. The van der Waals surface area contributed by atoms with Crippen LogP contribution >= 0.6 is 0 Å². The molecular formula is C21H27N3O4. The molecule has 0 aromatic heterocycles. The number of fused-ring (bicyclic) bond motifs is 1. The molecule has 1 aliphatic carbocycles. The molecule has 1 unspecified atom stereocenters. The molecular weight excluding hydrogens is 358 g/mol. The third kappa shape index (κ3) is 3.90. The summed E-state index contributed by atoms with van der Waals surface area (Å²) in [5.41, 5.74) is 2.19. The molecule has 2 aliphatic heterocycles. The molecule has 1 saturated heterocycles. The first kappa shape index (κ1) is 18.9. The minimum Gasteiger partial charge on any atom is -0.383 e. The zero-order valence-corrected chi connectivity index (χ0v) is 16.2. The van der Waals surface area contributed by atoms with E-state index in [1.165, 1.54) is 0 Å². The maximum absolute atomic E-state index is 13.3. The van der Waals surface area contributed by atoms with Crippen LogP contribution in [0.25, 0.3) is 0 Å². The largest absolute Gasteiger partial charge is 0.383 e. The van der Waals surface area contributed by atoms with Crippen molar-refractivity contribution in [3.63, 3.8) is 0 Å². The molecule has 0 spiro atoms. The van der Waals surface area contributed by atoms with Crippen LogP contribution in [0.15, 0.2) is 24.3 Å². The summed E-state index contributed by atoms with van der Waals surface area (Å²) < 4.78 is 5.05. The molecule has 0 bridgehead atoms. The number of hydrogen-bond acceptors (Lipinski definition) is 4.